The van der Waals surface area contributed by atoms with Gasteiger partial charge in [-0.25, -0.2) is 4.79 Å². The third-order valence-electron chi connectivity index (χ3n) is 3.27. The predicted molar refractivity (Wildman–Crippen MR) is 75.5 cm³/mol. The molecule has 1 unspecified atom stereocenters. The molecule has 0 bridgehead atoms. The third kappa shape index (κ3) is 3.58. The van der Waals surface area contributed by atoms with Crippen molar-refractivity contribution in [1.82, 2.24) is 0 Å². The zero-order chi connectivity index (χ0) is 13.8. The van der Waals surface area contributed by atoms with Crippen LogP contribution in [0.3, 0.4) is 0 Å². The highest BCUT2D eigenvalue weighted by Crippen LogP contribution is 2.22. The molecule has 0 aliphatic carbocycles. The first-order chi connectivity index (χ1) is 9.06. The number of aliphatic carboxylic acids is 1. The zero-order valence-electron chi connectivity index (χ0n) is 11.3. The summed E-state index contributed by atoms with van der Waals surface area (Å²) in [6.07, 6.45) is 3.04. The number of carboxylic acid groups (broad SMARTS) is 1. The molecule has 19 heavy (non-hydrogen) atoms. The Labute approximate surface area is 113 Å². The fourth-order valence-electron chi connectivity index (χ4n) is 2.26. The first-order valence-electron chi connectivity index (χ1n) is 6.44. The summed E-state index contributed by atoms with van der Waals surface area (Å²) in [5.41, 5.74) is 3.18. The first kappa shape index (κ1) is 13.6. The topological polar surface area (TPSA) is 49.8 Å². The lowest BCUT2D eigenvalue weighted by Gasteiger charge is -2.33. The minimum atomic E-state index is -0.925. The molecule has 0 saturated carbocycles. The maximum absolute atomic E-state index is 10.5. The van der Waals surface area contributed by atoms with Crippen LogP contribution in [-0.2, 0) is 9.53 Å². The van der Waals surface area contributed by atoms with E-state index in [1.807, 2.05) is 19.1 Å². The molecule has 102 valence electrons. The van der Waals surface area contributed by atoms with E-state index in [-0.39, 0.29) is 6.10 Å². The molecule has 1 aromatic carbocycles. The van der Waals surface area contributed by atoms with Crippen molar-refractivity contribution in [2.24, 2.45) is 0 Å². The highest BCUT2D eigenvalue weighted by atomic mass is 16.5. The fourth-order valence-corrected chi connectivity index (χ4v) is 2.26. The molecule has 1 atom stereocenters. The standard InChI is InChI=1S/C15H19NO3/c1-11-9-14(16-7-8-19-12(2)10-16)5-3-13(11)4-6-15(17)18/h3-6,9,12H,7-8,10H2,1-2H3,(H,17,18)/b6-4+. The largest absolute Gasteiger partial charge is 0.478 e. The summed E-state index contributed by atoms with van der Waals surface area (Å²) in [6.45, 7) is 6.61. The van der Waals surface area contributed by atoms with E-state index in [9.17, 15) is 4.79 Å². The van der Waals surface area contributed by atoms with Crippen LogP contribution in [0.5, 0.6) is 0 Å². The minimum Gasteiger partial charge on any atom is -0.478 e. The predicted octanol–water partition coefficient (Wildman–Crippen LogP) is 2.32. The summed E-state index contributed by atoms with van der Waals surface area (Å²) >= 11 is 0. The number of carbonyl (C=O) groups is 1. The van der Waals surface area contributed by atoms with Crippen molar-refractivity contribution in [3.8, 4) is 0 Å². The molecule has 0 amide bonds. The zero-order valence-corrected chi connectivity index (χ0v) is 11.3. The average molecular weight is 261 g/mol. The molecule has 0 radical (unpaired) electrons. The van der Waals surface area contributed by atoms with Gasteiger partial charge in [0, 0.05) is 24.9 Å². The highest BCUT2D eigenvalue weighted by Gasteiger charge is 2.17. The number of rotatable bonds is 3. The van der Waals surface area contributed by atoms with E-state index in [0.717, 1.165) is 30.8 Å². The normalized spacial score (nSPS) is 19.9. The summed E-state index contributed by atoms with van der Waals surface area (Å²) in [7, 11) is 0. The van der Waals surface area contributed by atoms with Gasteiger partial charge in [0.05, 0.1) is 12.7 Å². The van der Waals surface area contributed by atoms with Crippen LogP contribution < -0.4 is 4.90 Å². The van der Waals surface area contributed by atoms with Crippen molar-refractivity contribution in [3.63, 3.8) is 0 Å². The Kier molecular flexibility index (Phi) is 4.22. The Morgan fingerprint density at radius 2 is 2.32 bits per heavy atom. The number of nitrogens with zero attached hydrogens (tertiary/aromatic N) is 1. The van der Waals surface area contributed by atoms with Crippen molar-refractivity contribution in [1.29, 1.82) is 0 Å². The van der Waals surface area contributed by atoms with Crippen LogP contribution in [0.2, 0.25) is 0 Å². The van der Waals surface area contributed by atoms with Crippen LogP contribution in [0.15, 0.2) is 24.3 Å². The Balaban J connectivity index is 2.16. The molecule has 1 aliphatic rings. The summed E-state index contributed by atoms with van der Waals surface area (Å²) in [6, 6.07) is 6.09. The Morgan fingerprint density at radius 3 is 2.95 bits per heavy atom. The van der Waals surface area contributed by atoms with Gasteiger partial charge >= 0.3 is 5.97 Å². The van der Waals surface area contributed by atoms with Gasteiger partial charge in [-0.3, -0.25) is 0 Å². The van der Waals surface area contributed by atoms with E-state index in [1.54, 1.807) is 6.08 Å². The number of aryl methyl sites for hydroxylation is 1. The van der Waals surface area contributed by atoms with Crippen molar-refractivity contribution >= 4 is 17.7 Å². The molecular formula is C15H19NO3. The monoisotopic (exact) mass is 261 g/mol. The van der Waals surface area contributed by atoms with Crippen molar-refractivity contribution in [2.45, 2.75) is 20.0 Å². The Morgan fingerprint density at radius 1 is 1.53 bits per heavy atom. The molecule has 1 N–H and O–H groups in total. The van der Waals surface area contributed by atoms with Crippen LogP contribution in [0.1, 0.15) is 18.1 Å². The number of anilines is 1. The highest BCUT2D eigenvalue weighted by molar-refractivity contribution is 5.85. The molecule has 1 aromatic rings. The molecule has 0 aromatic heterocycles. The van der Waals surface area contributed by atoms with E-state index < -0.39 is 5.97 Å². The second-order valence-electron chi connectivity index (χ2n) is 4.84. The third-order valence-corrected chi connectivity index (χ3v) is 3.27. The smallest absolute Gasteiger partial charge is 0.328 e. The quantitative estimate of drug-likeness (QED) is 0.848. The second-order valence-corrected chi connectivity index (χ2v) is 4.84. The van der Waals surface area contributed by atoms with E-state index in [0.29, 0.717) is 0 Å². The van der Waals surface area contributed by atoms with Gasteiger partial charge in [-0.1, -0.05) is 6.07 Å². The minimum absolute atomic E-state index is 0.251. The van der Waals surface area contributed by atoms with Gasteiger partial charge in [0.1, 0.15) is 0 Å². The number of hydrogen-bond acceptors (Lipinski definition) is 3. The number of ether oxygens (including phenoxy) is 1. The molecule has 4 nitrogen and oxygen atoms in total. The molecule has 2 rings (SSSR count). The van der Waals surface area contributed by atoms with E-state index >= 15 is 0 Å². The van der Waals surface area contributed by atoms with E-state index in [2.05, 4.69) is 17.9 Å². The SMILES string of the molecule is Cc1cc(N2CCOC(C)C2)ccc1/C=C/C(=O)O. The molecular weight excluding hydrogens is 242 g/mol. The van der Waals surface area contributed by atoms with Crippen molar-refractivity contribution < 1.29 is 14.6 Å². The van der Waals surface area contributed by atoms with Gasteiger partial charge in [-0.2, -0.15) is 0 Å². The summed E-state index contributed by atoms with van der Waals surface area (Å²) in [4.78, 5) is 12.8. The number of hydrogen-bond donors (Lipinski definition) is 1. The van der Waals surface area contributed by atoms with Crippen molar-refractivity contribution in [3.05, 3.63) is 35.4 Å². The molecule has 1 aliphatic heterocycles. The van der Waals surface area contributed by atoms with Crippen LogP contribution in [0.4, 0.5) is 5.69 Å². The number of morpholine rings is 1. The molecule has 1 saturated heterocycles. The summed E-state index contributed by atoms with van der Waals surface area (Å²) in [5.74, 6) is -0.925. The summed E-state index contributed by atoms with van der Waals surface area (Å²) in [5, 5.41) is 8.64. The summed E-state index contributed by atoms with van der Waals surface area (Å²) < 4.78 is 5.53. The Bertz CT molecular complexity index is 496. The second kappa shape index (κ2) is 5.89. The molecule has 1 heterocycles. The molecule has 4 heteroatoms. The van der Waals surface area contributed by atoms with Gasteiger partial charge in [0.2, 0.25) is 0 Å². The van der Waals surface area contributed by atoms with Crippen LogP contribution in [-0.4, -0.2) is 36.9 Å². The van der Waals surface area contributed by atoms with Crippen molar-refractivity contribution in [2.75, 3.05) is 24.6 Å². The molecule has 0 spiro atoms. The lowest BCUT2D eigenvalue weighted by atomic mass is 10.1. The van der Waals surface area contributed by atoms with Gasteiger partial charge < -0.3 is 14.7 Å². The van der Waals surface area contributed by atoms with Gasteiger partial charge in [0.15, 0.2) is 0 Å². The molecule has 1 fully saturated rings. The van der Waals surface area contributed by atoms with Crippen LogP contribution >= 0.6 is 0 Å². The van der Waals surface area contributed by atoms with E-state index in [4.69, 9.17) is 9.84 Å². The number of benzene rings is 1. The first-order valence-corrected chi connectivity index (χ1v) is 6.44. The lowest BCUT2D eigenvalue weighted by Crippen LogP contribution is -2.41. The van der Waals surface area contributed by atoms with Gasteiger partial charge in [0.25, 0.3) is 0 Å². The maximum atomic E-state index is 10.5. The number of carboxylic acids is 1. The van der Waals surface area contributed by atoms with Crippen LogP contribution in [0.25, 0.3) is 6.08 Å². The van der Waals surface area contributed by atoms with Gasteiger partial charge in [-0.05, 0) is 43.2 Å². The maximum Gasteiger partial charge on any atom is 0.328 e. The fraction of sp³-hybridized carbons (Fsp3) is 0.400. The van der Waals surface area contributed by atoms with Gasteiger partial charge in [-0.15, -0.1) is 0 Å². The van der Waals surface area contributed by atoms with E-state index in [1.165, 1.54) is 11.8 Å². The average Bonchev–Trinajstić information content (AvgIpc) is 2.37. The van der Waals surface area contributed by atoms with Crippen LogP contribution in [0, 0.1) is 6.92 Å². The Hall–Kier alpha value is -1.81. The lowest BCUT2D eigenvalue weighted by molar-refractivity contribution is -0.131.